The Labute approximate surface area is 101 Å². The topological polar surface area (TPSA) is 43.6 Å². The van der Waals surface area contributed by atoms with E-state index in [0.717, 1.165) is 29.8 Å². The van der Waals surface area contributed by atoms with E-state index in [0.29, 0.717) is 0 Å². The second kappa shape index (κ2) is 5.39. The molecule has 0 saturated carbocycles. The molecule has 2 heterocycles. The Morgan fingerprint density at radius 2 is 2.06 bits per heavy atom. The summed E-state index contributed by atoms with van der Waals surface area (Å²) >= 11 is 0. The Morgan fingerprint density at radius 1 is 1.29 bits per heavy atom. The van der Waals surface area contributed by atoms with E-state index < -0.39 is 0 Å². The van der Waals surface area contributed by atoms with Gasteiger partial charge in [0.05, 0.1) is 0 Å². The number of hydrogen-bond donors (Lipinski definition) is 0. The van der Waals surface area contributed by atoms with Gasteiger partial charge in [-0.25, -0.2) is 4.98 Å². The first-order valence-corrected chi connectivity index (χ1v) is 5.79. The highest BCUT2D eigenvalue weighted by Crippen LogP contribution is 2.15. The van der Waals surface area contributed by atoms with Gasteiger partial charge in [-0.15, -0.1) is 10.2 Å². The van der Waals surface area contributed by atoms with E-state index in [1.54, 1.807) is 12.7 Å². The molecule has 0 radical (unpaired) electrons. The lowest BCUT2D eigenvalue weighted by atomic mass is 10.1. The van der Waals surface area contributed by atoms with Crippen LogP contribution in [-0.4, -0.2) is 19.7 Å². The minimum absolute atomic E-state index is 0.868. The first kappa shape index (κ1) is 11.5. The quantitative estimate of drug-likeness (QED) is 0.808. The van der Waals surface area contributed by atoms with Crippen molar-refractivity contribution in [3.8, 4) is 5.82 Å². The molecule has 4 nitrogen and oxygen atoms in total. The average Bonchev–Trinajstić information content (AvgIpc) is 2.83. The van der Waals surface area contributed by atoms with Gasteiger partial charge in [0.1, 0.15) is 18.5 Å². The summed E-state index contributed by atoms with van der Waals surface area (Å²) in [5.41, 5.74) is 2.25. The van der Waals surface area contributed by atoms with Crippen LogP contribution in [0.2, 0.25) is 0 Å². The van der Waals surface area contributed by atoms with Crippen LogP contribution in [0.4, 0.5) is 0 Å². The van der Waals surface area contributed by atoms with Crippen molar-refractivity contribution in [1.29, 1.82) is 0 Å². The predicted octanol–water partition coefficient (Wildman–Crippen LogP) is 2.78. The zero-order chi connectivity index (χ0) is 12.1. The zero-order valence-electron chi connectivity index (χ0n) is 10.2. The number of allylic oxidation sites excluding steroid dienone is 1. The molecule has 0 spiro atoms. The monoisotopic (exact) mass is 228 g/mol. The maximum Gasteiger partial charge on any atom is 0.146 e. The van der Waals surface area contributed by atoms with Crippen LogP contribution in [0.1, 0.15) is 30.9 Å². The molecular weight excluding hydrogens is 212 g/mol. The van der Waals surface area contributed by atoms with Gasteiger partial charge in [0.25, 0.3) is 0 Å². The van der Waals surface area contributed by atoms with Gasteiger partial charge in [0.15, 0.2) is 0 Å². The van der Waals surface area contributed by atoms with Gasteiger partial charge in [0.2, 0.25) is 0 Å². The Morgan fingerprint density at radius 3 is 2.76 bits per heavy atom. The van der Waals surface area contributed by atoms with Crippen molar-refractivity contribution in [2.75, 3.05) is 0 Å². The summed E-state index contributed by atoms with van der Waals surface area (Å²) < 4.78 is 1.82. The molecule has 0 bridgehead atoms. The first-order valence-electron chi connectivity index (χ1n) is 5.79. The number of aromatic nitrogens is 4. The number of hydrogen-bond acceptors (Lipinski definition) is 3. The molecule has 4 heteroatoms. The van der Waals surface area contributed by atoms with Crippen molar-refractivity contribution in [2.24, 2.45) is 0 Å². The van der Waals surface area contributed by atoms with Crippen LogP contribution in [0.25, 0.3) is 11.9 Å². The van der Waals surface area contributed by atoms with E-state index in [1.807, 2.05) is 17.7 Å². The first-order chi connectivity index (χ1) is 8.31. The molecule has 0 atom stereocenters. The summed E-state index contributed by atoms with van der Waals surface area (Å²) in [6.45, 7) is 4.21. The van der Waals surface area contributed by atoms with E-state index in [-0.39, 0.29) is 0 Å². The molecular formula is C13H16N4. The second-order valence-corrected chi connectivity index (χ2v) is 3.99. The van der Waals surface area contributed by atoms with E-state index in [2.05, 4.69) is 40.3 Å². The van der Waals surface area contributed by atoms with Gasteiger partial charge in [-0.3, -0.25) is 4.57 Å². The third kappa shape index (κ3) is 2.78. The standard InChI is InChI=1S/C13H16N4/c1-3-4-5-6-12-7-11(2)8-14-13(12)17-9-15-16-10-17/h5-10H,3-4H2,1-2H3/b6-5+. The molecule has 0 N–H and O–H groups in total. The minimum Gasteiger partial charge on any atom is -0.271 e. The minimum atomic E-state index is 0.868. The van der Waals surface area contributed by atoms with Crippen molar-refractivity contribution >= 4 is 6.08 Å². The normalized spacial score (nSPS) is 11.2. The van der Waals surface area contributed by atoms with Crippen LogP contribution < -0.4 is 0 Å². The molecule has 0 aliphatic rings. The summed E-state index contributed by atoms with van der Waals surface area (Å²) in [6, 6.07) is 2.12. The number of rotatable bonds is 4. The lowest BCUT2D eigenvalue weighted by Gasteiger charge is -2.05. The molecule has 0 saturated heterocycles. The van der Waals surface area contributed by atoms with Crippen LogP contribution in [-0.2, 0) is 0 Å². The molecule has 0 amide bonds. The maximum atomic E-state index is 4.43. The Bertz CT molecular complexity index is 500. The van der Waals surface area contributed by atoms with Crippen LogP contribution >= 0.6 is 0 Å². The molecule has 88 valence electrons. The Kier molecular flexibility index (Phi) is 3.65. The summed E-state index contributed by atoms with van der Waals surface area (Å²) in [6.07, 6.45) is 11.7. The predicted molar refractivity (Wildman–Crippen MR) is 67.8 cm³/mol. The van der Waals surface area contributed by atoms with Crippen molar-refractivity contribution in [1.82, 2.24) is 19.7 Å². The van der Waals surface area contributed by atoms with Crippen LogP contribution in [0.5, 0.6) is 0 Å². The molecule has 0 aromatic carbocycles. The summed E-state index contributed by atoms with van der Waals surface area (Å²) in [7, 11) is 0. The second-order valence-electron chi connectivity index (χ2n) is 3.99. The Balaban J connectivity index is 2.38. The fraction of sp³-hybridized carbons (Fsp3) is 0.308. The summed E-state index contributed by atoms with van der Waals surface area (Å²) in [4.78, 5) is 4.43. The summed E-state index contributed by atoms with van der Waals surface area (Å²) in [5, 5.41) is 7.61. The van der Waals surface area contributed by atoms with Gasteiger partial charge in [-0.1, -0.05) is 25.5 Å². The lowest BCUT2D eigenvalue weighted by Crippen LogP contribution is -1.98. The molecule has 2 aromatic rings. The molecule has 0 unspecified atom stereocenters. The number of aryl methyl sites for hydroxylation is 1. The van der Waals surface area contributed by atoms with E-state index >= 15 is 0 Å². The highest BCUT2D eigenvalue weighted by atomic mass is 15.2. The summed E-state index contributed by atoms with van der Waals surface area (Å²) in [5.74, 6) is 0.868. The molecule has 0 aliphatic carbocycles. The highest BCUT2D eigenvalue weighted by Gasteiger charge is 2.03. The zero-order valence-corrected chi connectivity index (χ0v) is 10.2. The molecule has 0 aliphatic heterocycles. The van der Waals surface area contributed by atoms with Gasteiger partial charge in [-0.05, 0) is 25.0 Å². The van der Waals surface area contributed by atoms with Gasteiger partial charge in [-0.2, -0.15) is 0 Å². The van der Waals surface area contributed by atoms with Gasteiger partial charge in [0, 0.05) is 11.8 Å². The largest absolute Gasteiger partial charge is 0.271 e. The van der Waals surface area contributed by atoms with Crippen molar-refractivity contribution in [2.45, 2.75) is 26.7 Å². The van der Waals surface area contributed by atoms with Crippen molar-refractivity contribution < 1.29 is 0 Å². The number of nitrogens with zero attached hydrogens (tertiary/aromatic N) is 4. The molecule has 2 aromatic heterocycles. The van der Waals surface area contributed by atoms with Crippen LogP contribution in [0.15, 0.2) is 31.0 Å². The molecule has 2 rings (SSSR count). The number of pyridine rings is 1. The van der Waals surface area contributed by atoms with Crippen LogP contribution in [0.3, 0.4) is 0 Å². The number of unbranched alkanes of at least 4 members (excludes halogenated alkanes) is 1. The molecule has 0 fully saturated rings. The average molecular weight is 228 g/mol. The van der Waals surface area contributed by atoms with E-state index in [4.69, 9.17) is 0 Å². The van der Waals surface area contributed by atoms with E-state index in [9.17, 15) is 0 Å². The Hall–Kier alpha value is -1.97. The molecule has 17 heavy (non-hydrogen) atoms. The maximum absolute atomic E-state index is 4.43. The third-order valence-corrected chi connectivity index (χ3v) is 2.45. The van der Waals surface area contributed by atoms with Gasteiger partial charge >= 0.3 is 0 Å². The fourth-order valence-electron chi connectivity index (χ4n) is 1.61. The van der Waals surface area contributed by atoms with Crippen LogP contribution in [0, 0.1) is 6.92 Å². The SMILES string of the molecule is CCC/C=C/c1cc(C)cnc1-n1cnnc1. The van der Waals surface area contributed by atoms with Crippen molar-refractivity contribution in [3.05, 3.63) is 42.1 Å². The van der Waals surface area contributed by atoms with Crippen molar-refractivity contribution in [3.63, 3.8) is 0 Å². The lowest BCUT2D eigenvalue weighted by molar-refractivity contribution is 0.959. The smallest absolute Gasteiger partial charge is 0.146 e. The van der Waals surface area contributed by atoms with E-state index in [1.165, 1.54) is 0 Å². The van der Waals surface area contributed by atoms with Gasteiger partial charge < -0.3 is 0 Å². The fourth-order valence-corrected chi connectivity index (χ4v) is 1.61. The highest BCUT2D eigenvalue weighted by molar-refractivity contribution is 5.58. The third-order valence-electron chi connectivity index (χ3n) is 2.45.